The molecule has 1 aliphatic carbocycles. The first kappa shape index (κ1) is 21.8. The lowest BCUT2D eigenvalue weighted by atomic mass is 9.83. The number of aliphatic hydroxyl groups excluding tert-OH is 3. The number of rotatable bonds is 3. The number of hydrogen-bond acceptors (Lipinski definition) is 8. The normalized spacial score (nSPS) is 33.7. The molecule has 1 aliphatic rings. The Balaban J connectivity index is 3.03. The van der Waals surface area contributed by atoms with Crippen LogP contribution in [0.25, 0.3) is 0 Å². The molecule has 25 heavy (non-hydrogen) atoms. The summed E-state index contributed by atoms with van der Waals surface area (Å²) in [6.07, 6.45) is -8.57. The van der Waals surface area contributed by atoms with Gasteiger partial charge in [0.05, 0.1) is 10.8 Å². The van der Waals surface area contributed by atoms with E-state index in [1.54, 1.807) is 41.5 Å². The van der Waals surface area contributed by atoms with Crippen molar-refractivity contribution < 1.29 is 39.1 Å². The second kappa shape index (κ2) is 7.57. The molecule has 1 fully saturated rings. The smallest absolute Gasteiger partial charge is 0.311 e. The fraction of sp³-hybridized carbons (Fsp3) is 0.882. The number of carbonyl (C=O) groups is 2. The highest BCUT2D eigenvalue weighted by molar-refractivity contribution is 5.76. The van der Waals surface area contributed by atoms with E-state index in [4.69, 9.17) is 14.2 Å². The molecule has 0 aromatic carbocycles. The van der Waals surface area contributed by atoms with E-state index in [-0.39, 0.29) is 0 Å². The van der Waals surface area contributed by atoms with Gasteiger partial charge in [0.2, 0.25) is 0 Å². The van der Waals surface area contributed by atoms with Gasteiger partial charge in [0, 0.05) is 7.11 Å². The minimum Gasteiger partial charge on any atom is -0.456 e. The van der Waals surface area contributed by atoms with E-state index >= 15 is 0 Å². The van der Waals surface area contributed by atoms with Crippen LogP contribution in [-0.2, 0) is 23.8 Å². The summed E-state index contributed by atoms with van der Waals surface area (Å²) in [5.74, 6) is -1.27. The SMILES string of the molecule is COC1C(O)C(OC(=O)C(C)(C)C)C(O)C(O)C1OC(=O)C(C)(C)C. The molecule has 6 atom stereocenters. The third-order valence-corrected chi connectivity index (χ3v) is 4.00. The van der Waals surface area contributed by atoms with Crippen molar-refractivity contribution in [3.05, 3.63) is 0 Å². The number of ether oxygens (including phenoxy) is 3. The molecular weight excluding hydrogens is 332 g/mol. The van der Waals surface area contributed by atoms with Crippen LogP contribution < -0.4 is 0 Å². The molecule has 0 radical (unpaired) electrons. The van der Waals surface area contributed by atoms with Crippen LogP contribution in [0.1, 0.15) is 41.5 Å². The highest BCUT2D eigenvalue weighted by Gasteiger charge is 2.54. The zero-order chi connectivity index (χ0) is 19.7. The third-order valence-electron chi connectivity index (χ3n) is 4.00. The lowest BCUT2D eigenvalue weighted by Gasteiger charge is -2.44. The average molecular weight is 362 g/mol. The Morgan fingerprint density at radius 2 is 1.04 bits per heavy atom. The van der Waals surface area contributed by atoms with Crippen molar-refractivity contribution in [1.29, 1.82) is 0 Å². The molecule has 6 unspecified atom stereocenters. The van der Waals surface area contributed by atoms with Gasteiger partial charge in [-0.2, -0.15) is 0 Å². The maximum Gasteiger partial charge on any atom is 0.311 e. The van der Waals surface area contributed by atoms with Crippen LogP contribution in [0, 0.1) is 10.8 Å². The standard InChI is InChI=1S/C17H30O8/c1-16(2,3)14(21)24-11-8(18)9(19)13(12(23-7)10(11)20)25-15(22)17(4,5)6/h8-13,18-20H,1-7H3. The number of methoxy groups -OCH3 is 1. The van der Waals surface area contributed by atoms with E-state index in [2.05, 4.69) is 0 Å². The fourth-order valence-corrected chi connectivity index (χ4v) is 2.32. The molecule has 0 aliphatic heterocycles. The molecule has 8 heteroatoms. The van der Waals surface area contributed by atoms with Crippen LogP contribution in [-0.4, -0.2) is 71.0 Å². The number of esters is 2. The Bertz CT molecular complexity index is 490. The Kier molecular flexibility index (Phi) is 6.61. The molecular formula is C17H30O8. The van der Waals surface area contributed by atoms with Crippen LogP contribution in [0.5, 0.6) is 0 Å². The van der Waals surface area contributed by atoms with Gasteiger partial charge < -0.3 is 29.5 Å². The summed E-state index contributed by atoms with van der Waals surface area (Å²) in [4.78, 5) is 24.2. The second-order valence-electron chi connectivity index (χ2n) is 8.41. The predicted octanol–water partition coefficient (Wildman–Crippen LogP) is 0.0135. The quantitative estimate of drug-likeness (QED) is 0.600. The lowest BCUT2D eigenvalue weighted by molar-refractivity contribution is -0.250. The van der Waals surface area contributed by atoms with Gasteiger partial charge in [-0.1, -0.05) is 0 Å². The minimum absolute atomic E-state index is 0.622. The van der Waals surface area contributed by atoms with Crippen molar-refractivity contribution in [1.82, 2.24) is 0 Å². The second-order valence-corrected chi connectivity index (χ2v) is 8.41. The lowest BCUT2D eigenvalue weighted by Crippen LogP contribution is -2.66. The van der Waals surface area contributed by atoms with Crippen molar-refractivity contribution in [2.45, 2.75) is 78.2 Å². The molecule has 0 aromatic rings. The maximum atomic E-state index is 12.1. The van der Waals surface area contributed by atoms with Gasteiger partial charge in [-0.3, -0.25) is 9.59 Å². The van der Waals surface area contributed by atoms with Crippen molar-refractivity contribution in [3.8, 4) is 0 Å². The van der Waals surface area contributed by atoms with Crippen LogP contribution >= 0.6 is 0 Å². The molecule has 3 N–H and O–H groups in total. The van der Waals surface area contributed by atoms with E-state index in [1.165, 1.54) is 7.11 Å². The summed E-state index contributed by atoms with van der Waals surface area (Å²) in [5, 5.41) is 31.1. The fourth-order valence-electron chi connectivity index (χ4n) is 2.32. The van der Waals surface area contributed by atoms with E-state index < -0.39 is 59.4 Å². The molecule has 146 valence electrons. The van der Waals surface area contributed by atoms with E-state index in [0.717, 1.165) is 0 Å². The molecule has 1 saturated carbocycles. The molecule has 0 aromatic heterocycles. The van der Waals surface area contributed by atoms with Gasteiger partial charge in [-0.05, 0) is 41.5 Å². The summed E-state index contributed by atoms with van der Waals surface area (Å²) in [7, 11) is 1.26. The van der Waals surface area contributed by atoms with Gasteiger partial charge in [0.1, 0.15) is 24.4 Å². The van der Waals surface area contributed by atoms with Crippen LogP contribution in [0.2, 0.25) is 0 Å². The van der Waals surface area contributed by atoms with Gasteiger partial charge in [-0.25, -0.2) is 0 Å². The summed E-state index contributed by atoms with van der Waals surface area (Å²) >= 11 is 0. The van der Waals surface area contributed by atoms with Crippen LogP contribution in [0.15, 0.2) is 0 Å². The Labute approximate surface area is 148 Å². The van der Waals surface area contributed by atoms with Gasteiger partial charge in [0.25, 0.3) is 0 Å². The van der Waals surface area contributed by atoms with E-state index in [9.17, 15) is 24.9 Å². The van der Waals surface area contributed by atoms with Gasteiger partial charge in [-0.15, -0.1) is 0 Å². The molecule has 1 rings (SSSR count). The highest BCUT2D eigenvalue weighted by Crippen LogP contribution is 2.31. The van der Waals surface area contributed by atoms with Crippen molar-refractivity contribution in [2.24, 2.45) is 10.8 Å². The summed E-state index contributed by atoms with van der Waals surface area (Å²) in [6, 6.07) is 0. The molecule has 0 heterocycles. The molecule has 0 amide bonds. The molecule has 8 nitrogen and oxygen atoms in total. The minimum atomic E-state index is -1.63. The first-order valence-electron chi connectivity index (χ1n) is 8.21. The van der Waals surface area contributed by atoms with Crippen LogP contribution in [0.4, 0.5) is 0 Å². The molecule has 0 bridgehead atoms. The van der Waals surface area contributed by atoms with Crippen molar-refractivity contribution in [3.63, 3.8) is 0 Å². The zero-order valence-corrected chi connectivity index (χ0v) is 15.8. The molecule has 0 spiro atoms. The topological polar surface area (TPSA) is 123 Å². The maximum absolute atomic E-state index is 12.1. The Morgan fingerprint density at radius 3 is 1.40 bits per heavy atom. The number of hydrogen-bond donors (Lipinski definition) is 3. The van der Waals surface area contributed by atoms with E-state index in [1.807, 2.05) is 0 Å². The highest BCUT2D eigenvalue weighted by atomic mass is 16.6. The molecule has 0 saturated heterocycles. The predicted molar refractivity (Wildman–Crippen MR) is 87.5 cm³/mol. The first-order valence-corrected chi connectivity index (χ1v) is 8.21. The third kappa shape index (κ3) is 4.91. The largest absolute Gasteiger partial charge is 0.456 e. The monoisotopic (exact) mass is 362 g/mol. The van der Waals surface area contributed by atoms with Gasteiger partial charge in [0.15, 0.2) is 12.2 Å². The number of aliphatic hydroxyl groups is 3. The summed E-state index contributed by atoms with van der Waals surface area (Å²) in [6.45, 7) is 9.76. The number of carbonyl (C=O) groups excluding carboxylic acids is 2. The summed E-state index contributed by atoms with van der Waals surface area (Å²) < 4.78 is 15.6. The van der Waals surface area contributed by atoms with Crippen LogP contribution in [0.3, 0.4) is 0 Å². The van der Waals surface area contributed by atoms with Gasteiger partial charge >= 0.3 is 11.9 Å². The first-order chi connectivity index (χ1) is 11.2. The van der Waals surface area contributed by atoms with E-state index in [0.29, 0.717) is 0 Å². The zero-order valence-electron chi connectivity index (χ0n) is 15.8. The summed E-state index contributed by atoms with van der Waals surface area (Å²) in [5.41, 5.74) is -1.70. The Morgan fingerprint density at radius 1 is 0.680 bits per heavy atom. The van der Waals surface area contributed by atoms with Crippen molar-refractivity contribution in [2.75, 3.05) is 7.11 Å². The Hall–Kier alpha value is -1.22. The van der Waals surface area contributed by atoms with Crippen molar-refractivity contribution >= 4 is 11.9 Å². The average Bonchev–Trinajstić information content (AvgIpc) is 2.47.